The molecule has 1 rings (SSSR count). The second-order valence-electron chi connectivity index (χ2n) is 4.94. The van der Waals surface area contributed by atoms with Gasteiger partial charge in [0.1, 0.15) is 0 Å². The van der Waals surface area contributed by atoms with Crippen molar-refractivity contribution in [2.45, 2.75) is 46.1 Å². The molecule has 0 saturated heterocycles. The number of amides is 1. The number of rotatable bonds is 5. The lowest BCUT2D eigenvalue weighted by atomic mass is 9.99. The van der Waals surface area contributed by atoms with Gasteiger partial charge in [0.2, 0.25) is 5.91 Å². The van der Waals surface area contributed by atoms with Gasteiger partial charge in [-0.05, 0) is 24.2 Å². The van der Waals surface area contributed by atoms with E-state index in [4.69, 9.17) is 5.73 Å². The Morgan fingerprint density at radius 3 is 2.57 bits per heavy atom. The van der Waals surface area contributed by atoms with Crippen LogP contribution in [0.4, 0.5) is 0 Å². The monoisotopic (exact) mass is 198 g/mol. The molecule has 2 atom stereocenters. The molecule has 0 heterocycles. The first-order valence-electron chi connectivity index (χ1n) is 5.52. The van der Waals surface area contributed by atoms with E-state index in [1.807, 2.05) is 6.92 Å². The lowest BCUT2D eigenvalue weighted by Crippen LogP contribution is -2.45. The number of carbonyl (C=O) groups excluding carboxylic acids is 1. The van der Waals surface area contributed by atoms with Gasteiger partial charge in [-0.3, -0.25) is 4.79 Å². The summed E-state index contributed by atoms with van der Waals surface area (Å²) in [4.78, 5) is 11.6. The van der Waals surface area contributed by atoms with Gasteiger partial charge >= 0.3 is 0 Å². The summed E-state index contributed by atoms with van der Waals surface area (Å²) >= 11 is 0. The van der Waals surface area contributed by atoms with Crippen LogP contribution in [-0.4, -0.2) is 18.5 Å². The molecule has 1 amide bonds. The van der Waals surface area contributed by atoms with Crippen LogP contribution >= 0.6 is 0 Å². The summed E-state index contributed by atoms with van der Waals surface area (Å²) in [6.45, 7) is 7.06. The first kappa shape index (κ1) is 11.5. The summed E-state index contributed by atoms with van der Waals surface area (Å²) < 4.78 is 0. The second kappa shape index (κ2) is 4.30. The van der Waals surface area contributed by atoms with Crippen LogP contribution in [0.5, 0.6) is 0 Å². The fourth-order valence-corrected chi connectivity index (χ4v) is 1.32. The van der Waals surface area contributed by atoms with Gasteiger partial charge in [-0.2, -0.15) is 0 Å². The van der Waals surface area contributed by atoms with Gasteiger partial charge < -0.3 is 11.1 Å². The quantitative estimate of drug-likeness (QED) is 0.699. The Balaban J connectivity index is 2.26. The van der Waals surface area contributed by atoms with E-state index in [-0.39, 0.29) is 17.9 Å². The summed E-state index contributed by atoms with van der Waals surface area (Å²) in [7, 11) is 0. The van der Waals surface area contributed by atoms with Crippen molar-refractivity contribution in [1.29, 1.82) is 0 Å². The number of carbonyl (C=O) groups is 1. The van der Waals surface area contributed by atoms with Crippen LogP contribution in [0.15, 0.2) is 0 Å². The van der Waals surface area contributed by atoms with Crippen molar-refractivity contribution in [3.63, 3.8) is 0 Å². The minimum atomic E-state index is -0.345. The third-order valence-electron chi connectivity index (χ3n) is 3.35. The van der Waals surface area contributed by atoms with Gasteiger partial charge in [0.15, 0.2) is 0 Å². The fraction of sp³-hybridized carbons (Fsp3) is 0.909. The fourth-order valence-electron chi connectivity index (χ4n) is 1.32. The predicted molar refractivity (Wildman–Crippen MR) is 57.8 cm³/mol. The van der Waals surface area contributed by atoms with Gasteiger partial charge in [0, 0.05) is 6.54 Å². The average Bonchev–Trinajstić information content (AvgIpc) is 2.91. The largest absolute Gasteiger partial charge is 0.354 e. The van der Waals surface area contributed by atoms with Gasteiger partial charge in [-0.1, -0.05) is 27.2 Å². The molecule has 0 unspecified atom stereocenters. The molecular weight excluding hydrogens is 176 g/mol. The van der Waals surface area contributed by atoms with Gasteiger partial charge in [0.05, 0.1) is 6.04 Å². The molecule has 0 aromatic carbocycles. The van der Waals surface area contributed by atoms with Crippen molar-refractivity contribution < 1.29 is 4.79 Å². The second-order valence-corrected chi connectivity index (χ2v) is 4.94. The summed E-state index contributed by atoms with van der Waals surface area (Å²) in [6, 6.07) is -0.345. The van der Waals surface area contributed by atoms with E-state index in [1.54, 1.807) is 0 Å². The molecular formula is C11H22N2O. The number of hydrogen-bond acceptors (Lipinski definition) is 2. The van der Waals surface area contributed by atoms with Crippen molar-refractivity contribution in [3.8, 4) is 0 Å². The Hall–Kier alpha value is -0.570. The molecule has 0 aliphatic heterocycles. The number of hydrogen-bond donors (Lipinski definition) is 2. The van der Waals surface area contributed by atoms with E-state index >= 15 is 0 Å². The summed E-state index contributed by atoms with van der Waals surface area (Å²) in [5, 5.41) is 2.94. The Kier molecular flexibility index (Phi) is 3.53. The van der Waals surface area contributed by atoms with Crippen LogP contribution in [0.2, 0.25) is 0 Å². The summed E-state index contributed by atoms with van der Waals surface area (Å²) in [5.74, 6) is 0.273. The Morgan fingerprint density at radius 1 is 1.57 bits per heavy atom. The molecule has 82 valence electrons. The Labute approximate surface area is 86.4 Å². The molecule has 0 radical (unpaired) electrons. The zero-order valence-corrected chi connectivity index (χ0v) is 9.47. The SMILES string of the molecule is CC[C@H](C)[C@H](N)C(=O)NCC1(C)CC1. The zero-order chi connectivity index (χ0) is 10.8. The first-order valence-corrected chi connectivity index (χ1v) is 5.52. The molecule has 14 heavy (non-hydrogen) atoms. The van der Waals surface area contributed by atoms with Crippen LogP contribution in [0.3, 0.4) is 0 Å². The van der Waals surface area contributed by atoms with E-state index in [9.17, 15) is 4.79 Å². The van der Waals surface area contributed by atoms with E-state index in [2.05, 4.69) is 19.2 Å². The van der Waals surface area contributed by atoms with Crippen molar-refractivity contribution in [2.75, 3.05) is 6.54 Å². The molecule has 1 fully saturated rings. The highest BCUT2D eigenvalue weighted by atomic mass is 16.2. The normalized spacial score (nSPS) is 22.6. The van der Waals surface area contributed by atoms with Crippen LogP contribution in [0, 0.1) is 11.3 Å². The van der Waals surface area contributed by atoms with Crippen molar-refractivity contribution >= 4 is 5.91 Å². The molecule has 0 aromatic heterocycles. The molecule has 1 aliphatic rings. The van der Waals surface area contributed by atoms with Crippen molar-refractivity contribution in [1.82, 2.24) is 5.32 Å². The summed E-state index contributed by atoms with van der Waals surface area (Å²) in [6.07, 6.45) is 3.41. The highest BCUT2D eigenvalue weighted by Gasteiger charge is 2.37. The lowest BCUT2D eigenvalue weighted by Gasteiger charge is -2.19. The van der Waals surface area contributed by atoms with Crippen molar-refractivity contribution in [3.05, 3.63) is 0 Å². The standard InChI is InChI=1S/C11H22N2O/c1-4-8(2)9(12)10(14)13-7-11(3)5-6-11/h8-9H,4-7,12H2,1-3H3,(H,13,14)/t8-,9-/m0/s1. The maximum Gasteiger partial charge on any atom is 0.237 e. The van der Waals surface area contributed by atoms with Crippen molar-refractivity contribution in [2.24, 2.45) is 17.1 Å². The highest BCUT2D eigenvalue weighted by molar-refractivity contribution is 5.81. The van der Waals surface area contributed by atoms with Gasteiger partial charge in [0.25, 0.3) is 0 Å². The van der Waals surface area contributed by atoms with E-state index in [0.29, 0.717) is 5.41 Å². The maximum absolute atomic E-state index is 11.6. The van der Waals surface area contributed by atoms with Gasteiger partial charge in [-0.15, -0.1) is 0 Å². The minimum absolute atomic E-state index is 0.00692. The topological polar surface area (TPSA) is 55.1 Å². The molecule has 1 saturated carbocycles. The van der Waals surface area contributed by atoms with Crippen LogP contribution in [0.1, 0.15) is 40.0 Å². The van der Waals surface area contributed by atoms with E-state index in [0.717, 1.165) is 13.0 Å². The van der Waals surface area contributed by atoms with E-state index < -0.39 is 0 Å². The predicted octanol–water partition coefficient (Wildman–Crippen LogP) is 1.28. The number of nitrogens with one attached hydrogen (secondary N) is 1. The average molecular weight is 198 g/mol. The molecule has 3 heteroatoms. The van der Waals surface area contributed by atoms with Crippen LogP contribution in [0.25, 0.3) is 0 Å². The molecule has 1 aliphatic carbocycles. The maximum atomic E-state index is 11.6. The molecule has 0 aromatic rings. The minimum Gasteiger partial charge on any atom is -0.354 e. The van der Waals surface area contributed by atoms with Crippen LogP contribution in [-0.2, 0) is 4.79 Å². The van der Waals surface area contributed by atoms with Gasteiger partial charge in [-0.25, -0.2) is 0 Å². The summed E-state index contributed by atoms with van der Waals surface area (Å²) in [5.41, 5.74) is 6.17. The molecule has 3 N–H and O–H groups in total. The zero-order valence-electron chi connectivity index (χ0n) is 9.47. The lowest BCUT2D eigenvalue weighted by molar-refractivity contribution is -0.123. The third-order valence-corrected chi connectivity index (χ3v) is 3.35. The third kappa shape index (κ3) is 2.98. The molecule has 3 nitrogen and oxygen atoms in total. The highest BCUT2D eigenvalue weighted by Crippen LogP contribution is 2.44. The molecule has 0 spiro atoms. The van der Waals surface area contributed by atoms with E-state index in [1.165, 1.54) is 12.8 Å². The smallest absolute Gasteiger partial charge is 0.237 e. The van der Waals surface area contributed by atoms with Crippen LogP contribution < -0.4 is 11.1 Å². The first-order chi connectivity index (χ1) is 6.48. The Morgan fingerprint density at radius 2 is 2.14 bits per heavy atom. The Bertz CT molecular complexity index is 211. The number of nitrogens with two attached hydrogens (primary N) is 1. The molecule has 0 bridgehead atoms.